The van der Waals surface area contributed by atoms with Gasteiger partial charge in [0.05, 0.1) is 16.5 Å². The molecule has 2 aromatic carbocycles. The van der Waals surface area contributed by atoms with Gasteiger partial charge in [0.2, 0.25) is 11.8 Å². The van der Waals surface area contributed by atoms with Gasteiger partial charge in [0.25, 0.3) is 0 Å². The molecule has 0 heterocycles. The number of hydrogen-bond acceptors (Lipinski definition) is 2. The van der Waals surface area contributed by atoms with Gasteiger partial charge in [-0.15, -0.1) is 0 Å². The maximum atomic E-state index is 13.3. The fourth-order valence-corrected chi connectivity index (χ4v) is 3.52. The van der Waals surface area contributed by atoms with Crippen LogP contribution < -0.4 is 5.32 Å². The molecule has 0 aromatic heterocycles. The number of benzene rings is 2. The third-order valence-corrected chi connectivity index (χ3v) is 5.98. The van der Waals surface area contributed by atoms with Gasteiger partial charge in [-0.05, 0) is 55.2 Å². The molecular weight excluding hydrogens is 443 g/mol. The van der Waals surface area contributed by atoms with Crippen LogP contribution >= 0.6 is 34.8 Å². The van der Waals surface area contributed by atoms with E-state index in [1.807, 2.05) is 32.9 Å². The monoisotopic (exact) mass is 468 g/mol. The van der Waals surface area contributed by atoms with Gasteiger partial charge in [-0.3, -0.25) is 9.59 Å². The number of nitrogens with zero attached hydrogens (tertiary/aromatic N) is 1. The summed E-state index contributed by atoms with van der Waals surface area (Å²) >= 11 is 18.1. The lowest BCUT2D eigenvalue weighted by atomic mass is 10.1. The summed E-state index contributed by atoms with van der Waals surface area (Å²) in [5.74, 6) is -0.308. The zero-order chi connectivity index (χ0) is 22.3. The van der Waals surface area contributed by atoms with Gasteiger partial charge in [-0.25, -0.2) is 0 Å². The highest BCUT2D eigenvalue weighted by Gasteiger charge is 2.29. The zero-order valence-corrected chi connectivity index (χ0v) is 19.7. The summed E-state index contributed by atoms with van der Waals surface area (Å²) in [5.41, 5.74) is 1.64. The maximum Gasteiger partial charge on any atom is 0.243 e. The minimum Gasteiger partial charge on any atom is -0.352 e. The first-order valence-corrected chi connectivity index (χ1v) is 11.2. The Kier molecular flexibility index (Phi) is 9.47. The summed E-state index contributed by atoms with van der Waals surface area (Å²) in [6, 6.07) is 11.9. The molecule has 0 saturated carbocycles. The number of halogens is 3. The second-order valence-electron chi connectivity index (χ2n) is 7.32. The molecule has 162 valence electrons. The number of rotatable bonds is 9. The first-order valence-electron chi connectivity index (χ1n) is 10.0. The van der Waals surface area contributed by atoms with Crippen LogP contribution in [0.5, 0.6) is 0 Å². The molecule has 4 nitrogen and oxygen atoms in total. The van der Waals surface area contributed by atoms with E-state index in [1.54, 1.807) is 35.2 Å². The van der Waals surface area contributed by atoms with Crippen molar-refractivity contribution in [3.8, 4) is 0 Å². The molecule has 2 rings (SSSR count). The Morgan fingerprint density at radius 2 is 1.57 bits per heavy atom. The summed E-state index contributed by atoms with van der Waals surface area (Å²) in [5, 5.41) is 4.45. The molecule has 2 unspecified atom stereocenters. The number of carbonyl (C=O) groups excluding carboxylic acids is 2. The quantitative estimate of drug-likeness (QED) is 0.496. The molecule has 30 heavy (non-hydrogen) atoms. The largest absolute Gasteiger partial charge is 0.352 e. The van der Waals surface area contributed by atoms with Gasteiger partial charge in [0.15, 0.2) is 0 Å². The lowest BCUT2D eigenvalue weighted by Crippen LogP contribution is -2.51. The predicted molar refractivity (Wildman–Crippen MR) is 124 cm³/mol. The fourth-order valence-electron chi connectivity index (χ4n) is 3.07. The second kappa shape index (κ2) is 11.6. The topological polar surface area (TPSA) is 49.4 Å². The third kappa shape index (κ3) is 6.90. The van der Waals surface area contributed by atoms with Gasteiger partial charge in [-0.1, -0.05) is 66.8 Å². The fraction of sp³-hybridized carbons (Fsp3) is 0.391. The molecule has 2 amide bonds. The molecule has 0 aliphatic heterocycles. The number of amides is 2. The Labute approximate surface area is 193 Å². The van der Waals surface area contributed by atoms with Crippen molar-refractivity contribution in [2.24, 2.45) is 0 Å². The molecule has 7 heteroatoms. The minimum atomic E-state index is -0.579. The lowest BCUT2D eigenvalue weighted by Gasteiger charge is -2.31. The second-order valence-corrected chi connectivity index (χ2v) is 8.57. The van der Waals surface area contributed by atoms with Crippen LogP contribution in [0, 0.1) is 0 Å². The summed E-state index contributed by atoms with van der Waals surface area (Å²) in [6.45, 7) is 6.17. The predicted octanol–water partition coefficient (Wildman–Crippen LogP) is 5.91. The molecule has 0 saturated heterocycles. The van der Waals surface area contributed by atoms with Gasteiger partial charge in [-0.2, -0.15) is 0 Å². The highest BCUT2D eigenvalue weighted by Crippen LogP contribution is 2.24. The highest BCUT2D eigenvalue weighted by molar-refractivity contribution is 6.42. The lowest BCUT2D eigenvalue weighted by molar-refractivity contribution is -0.141. The van der Waals surface area contributed by atoms with E-state index in [0.29, 0.717) is 28.0 Å². The van der Waals surface area contributed by atoms with Crippen LogP contribution in [0.1, 0.15) is 44.7 Å². The summed E-state index contributed by atoms with van der Waals surface area (Å²) in [4.78, 5) is 27.8. The maximum absolute atomic E-state index is 13.3. The van der Waals surface area contributed by atoms with Crippen molar-refractivity contribution in [3.05, 3.63) is 68.7 Å². The van der Waals surface area contributed by atoms with E-state index in [0.717, 1.165) is 17.5 Å². The minimum absolute atomic E-state index is 0.0362. The van der Waals surface area contributed by atoms with Crippen molar-refractivity contribution >= 4 is 46.6 Å². The smallest absolute Gasteiger partial charge is 0.243 e. The Bertz CT molecular complexity index is 871. The molecule has 0 radical (unpaired) electrons. The van der Waals surface area contributed by atoms with Crippen molar-refractivity contribution in [2.75, 3.05) is 0 Å². The number of carbonyl (C=O) groups is 2. The standard InChI is InChI=1S/C23H27Cl3N2O2/c1-4-15(3)27-23(30)21(5-2)28(14-16-6-9-18(24)10-7-16)22(29)13-17-8-11-19(25)20(26)12-17/h6-12,15,21H,4-5,13-14H2,1-3H3,(H,27,30). The third-order valence-electron chi connectivity index (χ3n) is 4.99. The molecule has 0 aliphatic carbocycles. The van der Waals surface area contributed by atoms with Gasteiger partial charge >= 0.3 is 0 Å². The van der Waals surface area contributed by atoms with Crippen molar-refractivity contribution < 1.29 is 9.59 Å². The van der Waals surface area contributed by atoms with Crippen LogP contribution in [-0.2, 0) is 22.6 Å². The molecule has 0 bridgehead atoms. The molecule has 2 atom stereocenters. The van der Waals surface area contributed by atoms with Crippen LogP contribution in [0.4, 0.5) is 0 Å². The normalized spacial score (nSPS) is 12.9. The zero-order valence-electron chi connectivity index (χ0n) is 17.4. The van der Waals surface area contributed by atoms with Crippen molar-refractivity contribution in [3.63, 3.8) is 0 Å². The number of hydrogen-bond donors (Lipinski definition) is 1. The average molecular weight is 470 g/mol. The summed E-state index contributed by atoms with van der Waals surface area (Å²) in [7, 11) is 0. The average Bonchev–Trinajstić information content (AvgIpc) is 2.71. The first-order chi connectivity index (χ1) is 14.2. The van der Waals surface area contributed by atoms with E-state index < -0.39 is 6.04 Å². The van der Waals surface area contributed by atoms with E-state index in [2.05, 4.69) is 5.32 Å². The van der Waals surface area contributed by atoms with E-state index in [4.69, 9.17) is 34.8 Å². The van der Waals surface area contributed by atoms with Crippen LogP contribution in [0.15, 0.2) is 42.5 Å². The van der Waals surface area contributed by atoms with Gasteiger partial charge < -0.3 is 10.2 Å². The van der Waals surface area contributed by atoms with E-state index in [-0.39, 0.29) is 24.3 Å². The van der Waals surface area contributed by atoms with Crippen molar-refractivity contribution in [1.29, 1.82) is 0 Å². The van der Waals surface area contributed by atoms with E-state index in [9.17, 15) is 9.59 Å². The molecular formula is C23H27Cl3N2O2. The Morgan fingerprint density at radius 3 is 2.13 bits per heavy atom. The van der Waals surface area contributed by atoms with Crippen LogP contribution in [-0.4, -0.2) is 28.8 Å². The Balaban J connectivity index is 2.30. The van der Waals surface area contributed by atoms with Crippen LogP contribution in [0.25, 0.3) is 0 Å². The number of nitrogens with one attached hydrogen (secondary N) is 1. The molecule has 2 aromatic rings. The summed E-state index contributed by atoms with van der Waals surface area (Å²) in [6.07, 6.45) is 1.44. The summed E-state index contributed by atoms with van der Waals surface area (Å²) < 4.78 is 0. The molecule has 0 fully saturated rings. The van der Waals surface area contributed by atoms with Crippen LogP contribution in [0.3, 0.4) is 0 Å². The van der Waals surface area contributed by atoms with Crippen molar-refractivity contribution in [2.45, 2.75) is 58.7 Å². The molecule has 0 aliphatic rings. The highest BCUT2D eigenvalue weighted by atomic mass is 35.5. The van der Waals surface area contributed by atoms with E-state index >= 15 is 0 Å². The molecule has 0 spiro atoms. The van der Waals surface area contributed by atoms with Gasteiger partial charge in [0, 0.05) is 17.6 Å². The Hall–Kier alpha value is -1.75. The van der Waals surface area contributed by atoms with Crippen molar-refractivity contribution in [1.82, 2.24) is 10.2 Å². The SMILES string of the molecule is CCC(C)NC(=O)C(CC)N(Cc1ccc(Cl)cc1)C(=O)Cc1ccc(Cl)c(Cl)c1. The first kappa shape index (κ1) is 24.5. The van der Waals surface area contributed by atoms with E-state index in [1.165, 1.54) is 0 Å². The molecule has 1 N–H and O–H groups in total. The van der Waals surface area contributed by atoms with Crippen LogP contribution in [0.2, 0.25) is 15.1 Å². The Morgan fingerprint density at radius 1 is 0.933 bits per heavy atom. The van der Waals surface area contributed by atoms with Gasteiger partial charge in [0.1, 0.15) is 6.04 Å².